The number of β-lactam (4-membered cyclic amide) rings is 1. The van der Waals surface area contributed by atoms with Crippen molar-refractivity contribution in [3.8, 4) is 5.75 Å². The monoisotopic (exact) mass is 429 g/mol. The lowest BCUT2D eigenvalue weighted by Gasteiger charge is -2.66. The number of aryl methyl sites for hydroxylation is 1. The summed E-state index contributed by atoms with van der Waals surface area (Å²) in [6.45, 7) is 0. The van der Waals surface area contributed by atoms with Crippen molar-refractivity contribution in [1.29, 1.82) is 0 Å². The third-order valence-corrected chi connectivity index (χ3v) is 9.01. The number of carbonyl (C=O) groups is 1. The first-order chi connectivity index (χ1) is 15.6. The zero-order valence-electron chi connectivity index (χ0n) is 19.2. The molecule has 4 saturated carbocycles. The van der Waals surface area contributed by atoms with Gasteiger partial charge in [-0.05, 0) is 98.8 Å². The van der Waals surface area contributed by atoms with Crippen LogP contribution in [0, 0.1) is 23.7 Å². The highest BCUT2D eigenvalue weighted by Crippen LogP contribution is 2.62. The van der Waals surface area contributed by atoms with E-state index in [-0.39, 0.29) is 17.5 Å². The smallest absolute Gasteiger partial charge is 0.229 e. The molecule has 7 rings (SSSR count). The minimum absolute atomic E-state index is 0.125. The zero-order chi connectivity index (χ0) is 21.7. The Bertz CT molecular complexity index is 931. The summed E-state index contributed by atoms with van der Waals surface area (Å²) in [4.78, 5) is 16.1. The van der Waals surface area contributed by atoms with Crippen LogP contribution in [0.15, 0.2) is 54.6 Å². The molecule has 1 saturated heterocycles. The maximum atomic E-state index is 13.7. The van der Waals surface area contributed by atoms with E-state index in [0.29, 0.717) is 5.91 Å². The molecule has 0 unspecified atom stereocenters. The van der Waals surface area contributed by atoms with Gasteiger partial charge in [-0.1, -0.05) is 42.5 Å². The molecule has 3 heteroatoms. The molecule has 1 amide bonds. The van der Waals surface area contributed by atoms with Crippen molar-refractivity contribution in [2.45, 2.75) is 69.4 Å². The third kappa shape index (κ3) is 3.36. The molecule has 5 aliphatic rings. The predicted molar refractivity (Wildman–Crippen MR) is 126 cm³/mol. The highest BCUT2D eigenvalue weighted by atomic mass is 16.5. The van der Waals surface area contributed by atoms with Crippen LogP contribution in [0.25, 0.3) is 0 Å². The Morgan fingerprint density at radius 3 is 2.12 bits per heavy atom. The minimum atomic E-state index is 0.125. The molecule has 1 aliphatic heterocycles. The van der Waals surface area contributed by atoms with Gasteiger partial charge in [-0.25, -0.2) is 0 Å². The van der Waals surface area contributed by atoms with Crippen LogP contribution in [-0.2, 0) is 11.2 Å². The van der Waals surface area contributed by atoms with E-state index >= 15 is 0 Å². The van der Waals surface area contributed by atoms with Crippen molar-refractivity contribution in [3.63, 3.8) is 0 Å². The van der Waals surface area contributed by atoms with Crippen molar-refractivity contribution >= 4 is 5.91 Å². The summed E-state index contributed by atoms with van der Waals surface area (Å²) in [5, 5.41) is 0. The van der Waals surface area contributed by atoms with Crippen molar-refractivity contribution in [2.75, 3.05) is 7.11 Å². The van der Waals surface area contributed by atoms with Gasteiger partial charge in [-0.15, -0.1) is 0 Å². The van der Waals surface area contributed by atoms with Gasteiger partial charge in [0.2, 0.25) is 5.91 Å². The van der Waals surface area contributed by atoms with Crippen LogP contribution in [0.2, 0.25) is 0 Å². The van der Waals surface area contributed by atoms with Gasteiger partial charge >= 0.3 is 0 Å². The molecule has 4 bridgehead atoms. The molecular formula is C29H35NO2. The van der Waals surface area contributed by atoms with Gasteiger partial charge in [0.05, 0.1) is 19.1 Å². The first kappa shape index (κ1) is 20.3. The molecule has 0 N–H and O–H groups in total. The van der Waals surface area contributed by atoms with E-state index in [4.69, 9.17) is 4.74 Å². The van der Waals surface area contributed by atoms with Gasteiger partial charge in [0.1, 0.15) is 5.75 Å². The lowest BCUT2D eigenvalue weighted by atomic mass is 9.51. The van der Waals surface area contributed by atoms with Gasteiger partial charge in [0.25, 0.3) is 0 Å². The summed E-state index contributed by atoms with van der Waals surface area (Å²) >= 11 is 0. The average molecular weight is 430 g/mol. The number of rotatable bonds is 7. The van der Waals surface area contributed by atoms with Crippen molar-refractivity contribution in [3.05, 3.63) is 65.7 Å². The molecule has 3 nitrogen and oxygen atoms in total. The Labute approximate surface area is 192 Å². The number of carbonyl (C=O) groups excluding carboxylic acids is 1. The number of hydrogen-bond donors (Lipinski definition) is 0. The maximum Gasteiger partial charge on any atom is 0.229 e. The molecule has 2 aromatic carbocycles. The Hall–Kier alpha value is -2.29. The van der Waals surface area contributed by atoms with Crippen LogP contribution in [0.5, 0.6) is 5.75 Å². The van der Waals surface area contributed by atoms with Crippen LogP contribution >= 0.6 is 0 Å². The normalized spacial score (nSPS) is 35.1. The van der Waals surface area contributed by atoms with E-state index in [9.17, 15) is 4.79 Å². The molecule has 32 heavy (non-hydrogen) atoms. The summed E-state index contributed by atoms with van der Waals surface area (Å²) < 4.78 is 5.41. The van der Waals surface area contributed by atoms with Gasteiger partial charge in [0.15, 0.2) is 0 Å². The quantitative estimate of drug-likeness (QED) is 0.491. The number of benzene rings is 2. The predicted octanol–water partition coefficient (Wildman–Crippen LogP) is 6.19. The summed E-state index contributed by atoms with van der Waals surface area (Å²) in [7, 11) is 1.72. The van der Waals surface area contributed by atoms with E-state index in [1.807, 2.05) is 0 Å². The molecule has 2 atom stereocenters. The SMILES string of the molecule is COc1ccc([C@@H]2[C@@H](CCCc3ccccc3)C(=O)N2C23CC4CC(CC(C4)C2)C3)cc1. The summed E-state index contributed by atoms with van der Waals surface area (Å²) in [6, 6.07) is 19.5. The molecule has 1 heterocycles. The Morgan fingerprint density at radius 1 is 0.906 bits per heavy atom. The van der Waals surface area contributed by atoms with E-state index < -0.39 is 0 Å². The third-order valence-electron chi connectivity index (χ3n) is 9.01. The minimum Gasteiger partial charge on any atom is -0.497 e. The van der Waals surface area contributed by atoms with Gasteiger partial charge in [0, 0.05) is 5.54 Å². The lowest BCUT2D eigenvalue weighted by Crippen LogP contribution is -2.69. The summed E-state index contributed by atoms with van der Waals surface area (Å²) in [5.41, 5.74) is 2.80. The highest BCUT2D eigenvalue weighted by Gasteiger charge is 2.61. The van der Waals surface area contributed by atoms with E-state index in [1.54, 1.807) is 7.11 Å². The molecular weight excluding hydrogens is 394 g/mol. The molecule has 2 aromatic rings. The number of hydrogen-bond acceptors (Lipinski definition) is 2. The summed E-state index contributed by atoms with van der Waals surface area (Å²) in [5.74, 6) is 4.00. The van der Waals surface area contributed by atoms with Crippen molar-refractivity contribution < 1.29 is 9.53 Å². The fraction of sp³-hybridized carbons (Fsp3) is 0.552. The van der Waals surface area contributed by atoms with Crippen LogP contribution in [-0.4, -0.2) is 23.5 Å². The van der Waals surface area contributed by atoms with Gasteiger partial charge in [-0.2, -0.15) is 0 Å². The van der Waals surface area contributed by atoms with Gasteiger partial charge < -0.3 is 9.64 Å². The fourth-order valence-corrected chi connectivity index (χ4v) is 8.07. The average Bonchev–Trinajstić information content (AvgIpc) is 2.80. The van der Waals surface area contributed by atoms with Crippen LogP contribution in [0.4, 0.5) is 0 Å². The lowest BCUT2D eigenvalue weighted by molar-refractivity contribution is -0.190. The molecule has 0 aromatic heterocycles. The largest absolute Gasteiger partial charge is 0.497 e. The second-order valence-electron chi connectivity index (χ2n) is 11.1. The van der Waals surface area contributed by atoms with Crippen LogP contribution in [0.3, 0.4) is 0 Å². The van der Waals surface area contributed by atoms with Crippen LogP contribution < -0.4 is 4.74 Å². The topological polar surface area (TPSA) is 29.5 Å². The molecule has 4 aliphatic carbocycles. The van der Waals surface area contributed by atoms with E-state index in [2.05, 4.69) is 59.5 Å². The standard InChI is InChI=1S/C29H35NO2/c1-32-25-12-10-24(11-13-25)27-26(9-5-8-20-6-3-2-4-7-20)28(31)30(27)29-17-21-14-22(18-29)16-23(15-21)19-29/h2-4,6-7,10-13,21-23,26-27H,5,8-9,14-19H2,1H3/t21?,22?,23?,26-,27-,29?/m1/s1. The Kier molecular flexibility index (Phi) is 5.04. The van der Waals surface area contributed by atoms with E-state index in [0.717, 1.165) is 42.8 Å². The number of amides is 1. The Balaban J connectivity index is 1.25. The number of likely N-dealkylation sites (tertiary alicyclic amines) is 1. The number of ether oxygens (including phenoxy) is 1. The zero-order valence-corrected chi connectivity index (χ0v) is 19.2. The maximum absolute atomic E-state index is 13.7. The molecule has 0 spiro atoms. The number of nitrogens with zero attached hydrogens (tertiary/aromatic N) is 1. The van der Waals surface area contributed by atoms with Crippen molar-refractivity contribution in [2.24, 2.45) is 23.7 Å². The summed E-state index contributed by atoms with van der Waals surface area (Å²) in [6.07, 6.45) is 11.1. The first-order valence-corrected chi connectivity index (χ1v) is 12.7. The number of methoxy groups -OCH3 is 1. The fourth-order valence-electron chi connectivity index (χ4n) is 8.07. The highest BCUT2D eigenvalue weighted by molar-refractivity contribution is 5.87. The second kappa shape index (κ2) is 7.93. The molecule has 0 radical (unpaired) electrons. The molecule has 168 valence electrons. The van der Waals surface area contributed by atoms with E-state index in [1.165, 1.54) is 49.7 Å². The van der Waals surface area contributed by atoms with Gasteiger partial charge in [-0.3, -0.25) is 4.79 Å². The van der Waals surface area contributed by atoms with Crippen molar-refractivity contribution in [1.82, 2.24) is 4.90 Å². The second-order valence-corrected chi connectivity index (χ2v) is 11.1. The van der Waals surface area contributed by atoms with Crippen LogP contribution in [0.1, 0.15) is 68.5 Å². The first-order valence-electron chi connectivity index (χ1n) is 12.7. The Morgan fingerprint density at radius 2 is 1.53 bits per heavy atom. The molecule has 5 fully saturated rings.